The first-order chi connectivity index (χ1) is 9.40. The third-order valence-corrected chi connectivity index (χ3v) is 3.95. The van der Waals surface area contributed by atoms with Crippen molar-refractivity contribution in [3.63, 3.8) is 0 Å². The Morgan fingerprint density at radius 1 is 1.05 bits per heavy atom. The lowest BCUT2D eigenvalue weighted by Crippen LogP contribution is -2.16. The molecule has 0 aliphatic rings. The summed E-state index contributed by atoms with van der Waals surface area (Å²) in [6.45, 7) is 0. The molecule has 7 heteroatoms. The van der Waals surface area contributed by atoms with Crippen LogP contribution >= 0.6 is 11.6 Å². The molecule has 0 aliphatic carbocycles. The van der Waals surface area contributed by atoms with Gasteiger partial charge in [0.1, 0.15) is 4.90 Å². The molecule has 104 valence electrons. The fourth-order valence-corrected chi connectivity index (χ4v) is 2.58. The molecule has 0 fully saturated rings. The molecule has 0 aromatic heterocycles. The zero-order valence-corrected chi connectivity index (χ0v) is 11.7. The number of nitrogens with two attached hydrogens (primary N) is 1. The fraction of sp³-hybridized carbons (Fsp3) is 0. The lowest BCUT2D eigenvalue weighted by molar-refractivity contribution is 0.0999. The smallest absolute Gasteiger partial charge is 0.339 e. The van der Waals surface area contributed by atoms with Gasteiger partial charge in [-0.2, -0.15) is 8.42 Å². The molecule has 0 atom stereocenters. The van der Waals surface area contributed by atoms with Gasteiger partial charge in [-0.25, -0.2) is 0 Å². The lowest BCUT2D eigenvalue weighted by atomic mass is 10.2. The zero-order chi connectivity index (χ0) is 14.8. The van der Waals surface area contributed by atoms with E-state index in [1.54, 1.807) is 12.1 Å². The summed E-state index contributed by atoms with van der Waals surface area (Å²) in [6, 6.07) is 11.3. The molecular formula is C13H10ClNO4S. The van der Waals surface area contributed by atoms with Crippen molar-refractivity contribution in [1.29, 1.82) is 0 Å². The summed E-state index contributed by atoms with van der Waals surface area (Å²) in [5, 5.41) is 0.404. The minimum absolute atomic E-state index is 0.00922. The molecule has 2 N–H and O–H groups in total. The first-order valence-electron chi connectivity index (χ1n) is 5.49. The second kappa shape index (κ2) is 5.52. The van der Waals surface area contributed by atoms with Crippen molar-refractivity contribution >= 4 is 27.6 Å². The van der Waals surface area contributed by atoms with E-state index in [2.05, 4.69) is 0 Å². The number of hydrogen-bond acceptors (Lipinski definition) is 4. The minimum atomic E-state index is -4.05. The Labute approximate surface area is 121 Å². The Morgan fingerprint density at radius 3 is 2.25 bits per heavy atom. The van der Waals surface area contributed by atoms with Crippen molar-refractivity contribution in [1.82, 2.24) is 0 Å². The van der Waals surface area contributed by atoms with Crippen LogP contribution in [0.5, 0.6) is 5.75 Å². The molecule has 0 saturated heterocycles. The third kappa shape index (κ3) is 3.09. The molecule has 1 amide bonds. The van der Waals surface area contributed by atoms with E-state index >= 15 is 0 Å². The van der Waals surface area contributed by atoms with Crippen LogP contribution in [-0.2, 0) is 10.1 Å². The molecule has 0 unspecified atom stereocenters. The van der Waals surface area contributed by atoms with Crippen molar-refractivity contribution < 1.29 is 17.4 Å². The van der Waals surface area contributed by atoms with Crippen LogP contribution in [0.1, 0.15) is 10.4 Å². The van der Waals surface area contributed by atoms with Gasteiger partial charge in [0.05, 0.1) is 5.56 Å². The molecule has 2 aromatic rings. The molecule has 5 nitrogen and oxygen atoms in total. The molecular weight excluding hydrogens is 302 g/mol. The molecule has 0 heterocycles. The van der Waals surface area contributed by atoms with Crippen LogP contribution in [0.2, 0.25) is 5.02 Å². The highest BCUT2D eigenvalue weighted by Crippen LogP contribution is 2.23. The van der Waals surface area contributed by atoms with Gasteiger partial charge in [0, 0.05) is 5.02 Å². The van der Waals surface area contributed by atoms with E-state index in [0.29, 0.717) is 5.02 Å². The Hall–Kier alpha value is -2.05. The van der Waals surface area contributed by atoms with Crippen LogP contribution in [0.3, 0.4) is 0 Å². The molecule has 0 spiro atoms. The number of para-hydroxylation sites is 1. The molecule has 0 saturated carbocycles. The van der Waals surface area contributed by atoms with Crippen molar-refractivity contribution in [3.05, 3.63) is 59.1 Å². The van der Waals surface area contributed by atoms with E-state index in [-0.39, 0.29) is 16.2 Å². The van der Waals surface area contributed by atoms with Crippen molar-refractivity contribution in [3.8, 4) is 5.75 Å². The molecule has 0 aliphatic heterocycles. The van der Waals surface area contributed by atoms with Gasteiger partial charge in [0.15, 0.2) is 5.75 Å². The van der Waals surface area contributed by atoms with Crippen molar-refractivity contribution in [2.24, 2.45) is 5.73 Å². The van der Waals surface area contributed by atoms with E-state index in [4.69, 9.17) is 21.5 Å². The maximum Gasteiger partial charge on any atom is 0.339 e. The first-order valence-corrected chi connectivity index (χ1v) is 7.27. The summed E-state index contributed by atoms with van der Waals surface area (Å²) in [6.07, 6.45) is 0. The average molecular weight is 312 g/mol. The van der Waals surface area contributed by atoms with Crippen LogP contribution in [0.4, 0.5) is 0 Å². The number of rotatable bonds is 4. The Balaban J connectivity index is 2.38. The van der Waals surface area contributed by atoms with E-state index in [1.165, 1.54) is 36.4 Å². The highest BCUT2D eigenvalue weighted by Gasteiger charge is 2.19. The molecule has 2 rings (SSSR count). The standard InChI is InChI=1S/C13H10ClNO4S/c14-9-5-7-10(8-6-9)20(17,18)19-12-4-2-1-3-11(12)13(15)16/h1-8H,(H2,15,16). The molecule has 2 aromatic carbocycles. The number of halogens is 1. The van der Waals surface area contributed by atoms with Gasteiger partial charge in [-0.05, 0) is 36.4 Å². The van der Waals surface area contributed by atoms with E-state index in [9.17, 15) is 13.2 Å². The number of carbonyl (C=O) groups excluding carboxylic acids is 1. The average Bonchev–Trinajstić information content (AvgIpc) is 2.39. The topological polar surface area (TPSA) is 86.5 Å². The monoisotopic (exact) mass is 311 g/mol. The second-order valence-electron chi connectivity index (χ2n) is 3.85. The van der Waals surface area contributed by atoms with Gasteiger partial charge in [-0.15, -0.1) is 0 Å². The Morgan fingerprint density at radius 2 is 1.65 bits per heavy atom. The quantitative estimate of drug-likeness (QED) is 0.877. The number of carbonyl (C=O) groups is 1. The number of benzene rings is 2. The van der Waals surface area contributed by atoms with Gasteiger partial charge in [-0.1, -0.05) is 23.7 Å². The van der Waals surface area contributed by atoms with E-state index in [0.717, 1.165) is 0 Å². The summed E-state index contributed by atoms with van der Waals surface area (Å²) >= 11 is 5.69. The zero-order valence-electron chi connectivity index (χ0n) is 10.1. The summed E-state index contributed by atoms with van der Waals surface area (Å²) < 4.78 is 29.1. The number of primary amides is 1. The predicted molar refractivity (Wildman–Crippen MR) is 74.2 cm³/mol. The number of hydrogen-bond donors (Lipinski definition) is 1. The maximum absolute atomic E-state index is 12.1. The minimum Gasteiger partial charge on any atom is -0.378 e. The number of amides is 1. The first kappa shape index (κ1) is 14.4. The Bertz CT molecular complexity index is 741. The van der Waals surface area contributed by atoms with Gasteiger partial charge in [-0.3, -0.25) is 4.79 Å². The highest BCUT2D eigenvalue weighted by atomic mass is 35.5. The highest BCUT2D eigenvalue weighted by molar-refractivity contribution is 7.87. The van der Waals surface area contributed by atoms with Crippen molar-refractivity contribution in [2.45, 2.75) is 4.90 Å². The van der Waals surface area contributed by atoms with Crippen LogP contribution < -0.4 is 9.92 Å². The summed E-state index contributed by atoms with van der Waals surface area (Å²) in [4.78, 5) is 11.2. The lowest BCUT2D eigenvalue weighted by Gasteiger charge is -2.09. The Kier molecular flexibility index (Phi) is 3.96. The normalized spacial score (nSPS) is 11.1. The SMILES string of the molecule is NC(=O)c1ccccc1OS(=O)(=O)c1ccc(Cl)cc1. The van der Waals surface area contributed by atoms with Crippen LogP contribution in [0, 0.1) is 0 Å². The van der Waals surface area contributed by atoms with Gasteiger partial charge in [0.2, 0.25) is 0 Å². The van der Waals surface area contributed by atoms with Gasteiger partial charge >= 0.3 is 10.1 Å². The van der Waals surface area contributed by atoms with Gasteiger partial charge in [0.25, 0.3) is 5.91 Å². The van der Waals surface area contributed by atoms with Crippen LogP contribution in [-0.4, -0.2) is 14.3 Å². The summed E-state index contributed by atoms with van der Waals surface area (Å²) in [7, 11) is -4.05. The predicted octanol–water partition coefficient (Wildman–Crippen LogP) is 2.21. The molecule has 20 heavy (non-hydrogen) atoms. The van der Waals surface area contributed by atoms with E-state index < -0.39 is 16.0 Å². The van der Waals surface area contributed by atoms with Crippen molar-refractivity contribution in [2.75, 3.05) is 0 Å². The van der Waals surface area contributed by atoms with E-state index in [1.807, 2.05) is 0 Å². The summed E-state index contributed by atoms with van der Waals surface area (Å²) in [5.74, 6) is -0.887. The van der Waals surface area contributed by atoms with Crippen LogP contribution in [0.15, 0.2) is 53.4 Å². The fourth-order valence-electron chi connectivity index (χ4n) is 1.51. The molecule has 0 bridgehead atoms. The van der Waals surface area contributed by atoms with Gasteiger partial charge < -0.3 is 9.92 Å². The van der Waals surface area contributed by atoms with Crippen LogP contribution in [0.25, 0.3) is 0 Å². The summed E-state index contributed by atoms with van der Waals surface area (Å²) in [5.41, 5.74) is 5.15. The second-order valence-corrected chi connectivity index (χ2v) is 5.83. The largest absolute Gasteiger partial charge is 0.378 e. The third-order valence-electron chi connectivity index (χ3n) is 2.45. The molecule has 0 radical (unpaired) electrons. The maximum atomic E-state index is 12.1.